The molecule has 0 unspecified atom stereocenters. The second-order valence-electron chi connectivity index (χ2n) is 4.20. The van der Waals surface area contributed by atoms with Crippen LogP contribution in [0.15, 0.2) is 34.9 Å². The van der Waals surface area contributed by atoms with E-state index in [0.717, 1.165) is 5.56 Å². The van der Waals surface area contributed by atoms with Crippen LogP contribution < -0.4 is 5.32 Å². The Morgan fingerprint density at radius 1 is 1.42 bits per heavy atom. The molecule has 1 amide bonds. The number of carbonyl (C=O) groups is 1. The molecular weight excluding hydrogens is 249 g/mol. The van der Waals surface area contributed by atoms with Gasteiger partial charge in [-0.15, -0.1) is 0 Å². The average Bonchev–Trinajstić information content (AvgIpc) is 2.83. The number of amides is 1. The Labute approximate surface area is 109 Å². The summed E-state index contributed by atoms with van der Waals surface area (Å²) in [7, 11) is 0. The Bertz CT molecular complexity index is 592. The molecule has 5 heteroatoms. The Morgan fingerprint density at radius 3 is 2.84 bits per heavy atom. The number of benzene rings is 1. The fraction of sp³-hybridized carbons (Fsp3) is 0.214. The number of nitrogens with one attached hydrogen (secondary N) is 1. The highest BCUT2D eigenvalue weighted by atomic mass is 19.1. The lowest BCUT2D eigenvalue weighted by molar-refractivity contribution is 0.0922. The van der Waals surface area contributed by atoms with Crippen molar-refractivity contribution in [1.82, 2.24) is 5.32 Å². The van der Waals surface area contributed by atoms with Crippen LogP contribution in [0.4, 0.5) is 4.39 Å². The van der Waals surface area contributed by atoms with Gasteiger partial charge in [-0.25, -0.2) is 4.39 Å². The van der Waals surface area contributed by atoms with Crippen molar-refractivity contribution in [2.75, 3.05) is 0 Å². The van der Waals surface area contributed by atoms with Gasteiger partial charge in [0, 0.05) is 17.7 Å². The Morgan fingerprint density at radius 2 is 2.21 bits per heavy atom. The number of rotatable bonds is 4. The maximum absolute atomic E-state index is 13.2. The summed E-state index contributed by atoms with van der Waals surface area (Å²) in [5, 5.41) is 11.6. The Hall–Kier alpha value is -2.14. The highest BCUT2D eigenvalue weighted by molar-refractivity contribution is 5.92. The van der Waals surface area contributed by atoms with Crippen LogP contribution in [0, 0.1) is 12.7 Å². The average molecular weight is 263 g/mol. The summed E-state index contributed by atoms with van der Waals surface area (Å²) in [4.78, 5) is 11.8. The highest BCUT2D eigenvalue weighted by Gasteiger charge is 2.12. The molecule has 0 bridgehead atoms. The van der Waals surface area contributed by atoms with E-state index in [0.29, 0.717) is 5.56 Å². The van der Waals surface area contributed by atoms with Gasteiger partial charge >= 0.3 is 0 Å². The fourth-order valence-corrected chi connectivity index (χ4v) is 1.73. The van der Waals surface area contributed by atoms with Gasteiger partial charge in [0.15, 0.2) is 5.76 Å². The van der Waals surface area contributed by atoms with Crippen molar-refractivity contribution in [3.63, 3.8) is 0 Å². The molecule has 0 atom stereocenters. The molecule has 4 nitrogen and oxygen atoms in total. The van der Waals surface area contributed by atoms with Crippen LogP contribution in [0.2, 0.25) is 0 Å². The van der Waals surface area contributed by atoms with Gasteiger partial charge in [-0.2, -0.15) is 0 Å². The van der Waals surface area contributed by atoms with E-state index in [1.165, 1.54) is 18.4 Å². The van der Waals surface area contributed by atoms with Crippen LogP contribution in [0.25, 0.3) is 0 Å². The lowest BCUT2D eigenvalue weighted by Gasteiger charge is -2.06. The van der Waals surface area contributed by atoms with Gasteiger partial charge < -0.3 is 14.8 Å². The molecule has 1 heterocycles. The summed E-state index contributed by atoms with van der Waals surface area (Å²) >= 11 is 0. The first-order valence-corrected chi connectivity index (χ1v) is 5.82. The minimum Gasteiger partial charge on any atom is -0.459 e. The zero-order valence-electron chi connectivity index (χ0n) is 10.4. The summed E-state index contributed by atoms with van der Waals surface area (Å²) in [6.45, 7) is 1.65. The topological polar surface area (TPSA) is 62.5 Å². The van der Waals surface area contributed by atoms with Crippen LogP contribution in [0.3, 0.4) is 0 Å². The van der Waals surface area contributed by atoms with Gasteiger partial charge in [-0.3, -0.25) is 4.79 Å². The van der Waals surface area contributed by atoms with Crippen molar-refractivity contribution < 1.29 is 18.7 Å². The van der Waals surface area contributed by atoms with Gasteiger partial charge in [0.25, 0.3) is 5.91 Å². The number of hydrogen-bond acceptors (Lipinski definition) is 3. The van der Waals surface area contributed by atoms with Gasteiger partial charge in [-0.1, -0.05) is 6.07 Å². The van der Waals surface area contributed by atoms with E-state index < -0.39 is 5.82 Å². The minimum absolute atomic E-state index is 0.209. The quantitative estimate of drug-likeness (QED) is 0.888. The van der Waals surface area contributed by atoms with E-state index in [1.807, 2.05) is 0 Å². The molecule has 0 spiro atoms. The van der Waals surface area contributed by atoms with Gasteiger partial charge in [-0.05, 0) is 30.7 Å². The van der Waals surface area contributed by atoms with E-state index in [4.69, 9.17) is 9.52 Å². The van der Waals surface area contributed by atoms with E-state index in [9.17, 15) is 9.18 Å². The second-order valence-corrected chi connectivity index (χ2v) is 4.20. The minimum atomic E-state index is -0.459. The Kier molecular flexibility index (Phi) is 3.97. The zero-order chi connectivity index (χ0) is 13.8. The third-order valence-electron chi connectivity index (χ3n) is 2.80. The SMILES string of the molecule is Cc1ccoc1C(=O)NCc1ccc(F)c(CO)c1. The van der Waals surface area contributed by atoms with Crippen LogP contribution in [-0.2, 0) is 13.2 Å². The molecule has 2 N–H and O–H groups in total. The van der Waals surface area contributed by atoms with Crippen molar-refractivity contribution in [3.8, 4) is 0 Å². The van der Waals surface area contributed by atoms with Crippen LogP contribution in [0.1, 0.15) is 27.2 Å². The van der Waals surface area contributed by atoms with Crippen molar-refractivity contribution >= 4 is 5.91 Å². The number of carbonyl (C=O) groups excluding carboxylic acids is 1. The maximum atomic E-state index is 13.2. The van der Waals surface area contributed by atoms with Crippen molar-refractivity contribution in [3.05, 3.63) is 58.8 Å². The first-order valence-electron chi connectivity index (χ1n) is 5.82. The zero-order valence-corrected chi connectivity index (χ0v) is 10.4. The van der Waals surface area contributed by atoms with E-state index >= 15 is 0 Å². The smallest absolute Gasteiger partial charge is 0.287 e. The monoisotopic (exact) mass is 263 g/mol. The van der Waals surface area contributed by atoms with Crippen molar-refractivity contribution in [1.29, 1.82) is 0 Å². The molecule has 19 heavy (non-hydrogen) atoms. The lowest BCUT2D eigenvalue weighted by atomic mass is 10.1. The summed E-state index contributed by atoms with van der Waals surface area (Å²) < 4.78 is 18.2. The number of halogens is 1. The van der Waals surface area contributed by atoms with Crippen molar-refractivity contribution in [2.45, 2.75) is 20.1 Å². The summed E-state index contributed by atoms with van der Waals surface area (Å²) in [6.07, 6.45) is 1.45. The predicted molar refractivity (Wildman–Crippen MR) is 66.9 cm³/mol. The fourth-order valence-electron chi connectivity index (χ4n) is 1.73. The molecule has 1 aromatic heterocycles. The number of furan rings is 1. The number of aliphatic hydroxyl groups is 1. The third-order valence-corrected chi connectivity index (χ3v) is 2.80. The summed E-state index contributed by atoms with van der Waals surface area (Å²) in [6, 6.07) is 6.05. The molecule has 100 valence electrons. The maximum Gasteiger partial charge on any atom is 0.287 e. The number of aliphatic hydroxyl groups excluding tert-OH is 1. The normalized spacial score (nSPS) is 10.5. The lowest BCUT2D eigenvalue weighted by Crippen LogP contribution is -2.23. The molecule has 0 aliphatic rings. The van der Waals surface area contributed by atoms with Gasteiger partial charge in [0.05, 0.1) is 12.9 Å². The highest BCUT2D eigenvalue weighted by Crippen LogP contribution is 2.12. The third kappa shape index (κ3) is 3.00. The molecule has 1 aromatic carbocycles. The summed E-state index contributed by atoms with van der Waals surface area (Å²) in [5.74, 6) is -0.513. The van der Waals surface area contributed by atoms with Crippen LogP contribution in [-0.4, -0.2) is 11.0 Å². The largest absolute Gasteiger partial charge is 0.459 e. The molecule has 0 saturated carbocycles. The summed E-state index contributed by atoms with van der Waals surface area (Å²) in [5.41, 5.74) is 1.68. The molecule has 0 saturated heterocycles. The number of aryl methyl sites for hydroxylation is 1. The van der Waals surface area contributed by atoms with Crippen molar-refractivity contribution in [2.24, 2.45) is 0 Å². The van der Waals surface area contributed by atoms with E-state index in [2.05, 4.69) is 5.32 Å². The predicted octanol–water partition coefficient (Wildman–Crippen LogP) is 2.15. The molecule has 2 aromatic rings. The Balaban J connectivity index is 2.03. The van der Waals surface area contributed by atoms with E-state index in [-0.39, 0.29) is 30.4 Å². The first-order chi connectivity index (χ1) is 9.11. The van der Waals surface area contributed by atoms with Crippen LogP contribution in [0.5, 0.6) is 0 Å². The number of hydrogen-bond donors (Lipinski definition) is 2. The van der Waals surface area contributed by atoms with Gasteiger partial charge in [0.2, 0.25) is 0 Å². The van der Waals surface area contributed by atoms with E-state index in [1.54, 1.807) is 19.1 Å². The standard InChI is InChI=1S/C14H14FNO3/c1-9-4-5-19-13(9)14(18)16-7-10-2-3-12(15)11(6-10)8-17/h2-6,17H,7-8H2,1H3,(H,16,18). The first kappa shape index (κ1) is 13.3. The molecule has 0 fully saturated rings. The van der Waals surface area contributed by atoms with Gasteiger partial charge in [0.1, 0.15) is 5.82 Å². The molecule has 0 radical (unpaired) electrons. The molecule has 0 aliphatic heterocycles. The molecule has 0 aliphatic carbocycles. The second kappa shape index (κ2) is 5.67. The molecule has 2 rings (SSSR count). The molecular formula is C14H14FNO3. The van der Waals surface area contributed by atoms with Crippen LogP contribution >= 0.6 is 0 Å².